The molecule has 0 amide bonds. The van der Waals surface area contributed by atoms with Gasteiger partial charge in [0.05, 0.1) is 11.4 Å². The molecular formula is C18H21N5. The minimum Gasteiger partial charge on any atom is -0.342 e. The molecule has 2 aromatic heterocycles. The number of rotatable bonds is 2. The molecule has 0 N–H and O–H groups in total. The number of piperazine rings is 1. The zero-order chi connectivity index (χ0) is 15.8. The van der Waals surface area contributed by atoms with Gasteiger partial charge in [0, 0.05) is 50.3 Å². The zero-order valence-corrected chi connectivity index (χ0v) is 13.6. The molecule has 1 saturated heterocycles. The minimum atomic E-state index is 0.834. The van der Waals surface area contributed by atoms with Gasteiger partial charge >= 0.3 is 0 Å². The molecule has 1 aliphatic heterocycles. The smallest absolute Gasteiger partial charge is 0.225 e. The van der Waals surface area contributed by atoms with Crippen LogP contribution in [0.15, 0.2) is 42.6 Å². The maximum Gasteiger partial charge on any atom is 0.225 e. The molecule has 1 fully saturated rings. The summed E-state index contributed by atoms with van der Waals surface area (Å²) in [6.07, 6.45) is 1.87. The number of para-hydroxylation sites is 1. The number of hydrogen-bond donors (Lipinski definition) is 0. The van der Waals surface area contributed by atoms with Crippen molar-refractivity contribution < 1.29 is 0 Å². The quantitative estimate of drug-likeness (QED) is 0.728. The van der Waals surface area contributed by atoms with E-state index in [9.17, 15) is 0 Å². The lowest BCUT2D eigenvalue weighted by Crippen LogP contribution is -2.45. The van der Waals surface area contributed by atoms with Crippen molar-refractivity contribution in [2.24, 2.45) is 7.05 Å². The lowest BCUT2D eigenvalue weighted by atomic mass is 10.2. The Morgan fingerprint density at radius 1 is 0.957 bits per heavy atom. The molecule has 5 nitrogen and oxygen atoms in total. The molecule has 0 saturated carbocycles. The number of anilines is 1. The maximum atomic E-state index is 4.82. The van der Waals surface area contributed by atoms with Gasteiger partial charge in [-0.1, -0.05) is 18.2 Å². The van der Waals surface area contributed by atoms with Crippen LogP contribution < -0.4 is 4.90 Å². The Kier molecular flexibility index (Phi) is 3.50. The Balaban J connectivity index is 1.71. The zero-order valence-electron chi connectivity index (χ0n) is 13.6. The molecule has 0 bridgehead atoms. The van der Waals surface area contributed by atoms with E-state index < -0.39 is 0 Å². The van der Waals surface area contributed by atoms with Gasteiger partial charge in [0.25, 0.3) is 0 Å². The van der Waals surface area contributed by atoms with Crippen molar-refractivity contribution in [1.29, 1.82) is 0 Å². The minimum absolute atomic E-state index is 0.834. The Hall–Kier alpha value is -2.40. The first-order chi connectivity index (χ1) is 11.2. The Labute approximate surface area is 136 Å². The Bertz CT molecular complexity index is 830. The van der Waals surface area contributed by atoms with Gasteiger partial charge in [-0.3, -0.25) is 0 Å². The first kappa shape index (κ1) is 14.2. The standard InChI is InChI=1S/C18H21N5/c1-21-9-11-23(12-10-21)18-19-8-7-15(20-18)17-13-14-5-3-4-6-16(14)22(17)2/h3-8,13H,9-12H2,1-2H3. The molecule has 0 spiro atoms. The third kappa shape index (κ3) is 2.57. The van der Waals surface area contributed by atoms with Gasteiger partial charge in [-0.2, -0.15) is 0 Å². The molecule has 0 aliphatic carbocycles. The number of nitrogens with zero attached hydrogens (tertiary/aromatic N) is 5. The summed E-state index contributed by atoms with van der Waals surface area (Å²) in [6.45, 7) is 4.08. The summed E-state index contributed by atoms with van der Waals surface area (Å²) < 4.78 is 2.20. The average molecular weight is 307 g/mol. The van der Waals surface area contributed by atoms with Crippen molar-refractivity contribution in [1.82, 2.24) is 19.4 Å². The van der Waals surface area contributed by atoms with E-state index in [4.69, 9.17) is 4.98 Å². The molecule has 23 heavy (non-hydrogen) atoms. The van der Waals surface area contributed by atoms with Crippen LogP contribution in [0.5, 0.6) is 0 Å². The highest BCUT2D eigenvalue weighted by atomic mass is 15.3. The third-order valence-corrected chi connectivity index (χ3v) is 4.64. The first-order valence-corrected chi connectivity index (χ1v) is 8.04. The first-order valence-electron chi connectivity index (χ1n) is 8.04. The summed E-state index contributed by atoms with van der Waals surface area (Å²) in [5.41, 5.74) is 3.33. The highest BCUT2D eigenvalue weighted by Crippen LogP contribution is 2.26. The van der Waals surface area contributed by atoms with Crippen LogP contribution in [0.1, 0.15) is 0 Å². The second kappa shape index (κ2) is 5.66. The predicted molar refractivity (Wildman–Crippen MR) is 93.7 cm³/mol. The predicted octanol–water partition coefficient (Wildman–Crippen LogP) is 2.39. The summed E-state index contributed by atoms with van der Waals surface area (Å²) in [4.78, 5) is 13.9. The normalized spacial score (nSPS) is 16.2. The summed E-state index contributed by atoms with van der Waals surface area (Å²) in [5, 5.41) is 1.24. The molecule has 0 atom stereocenters. The molecule has 1 aromatic carbocycles. The van der Waals surface area contributed by atoms with Gasteiger partial charge in [-0.15, -0.1) is 0 Å². The highest BCUT2D eigenvalue weighted by molar-refractivity contribution is 5.86. The average Bonchev–Trinajstić information content (AvgIpc) is 2.93. The van der Waals surface area contributed by atoms with E-state index in [0.29, 0.717) is 0 Å². The van der Waals surface area contributed by atoms with Crippen LogP contribution in [-0.4, -0.2) is 52.7 Å². The molecule has 5 heteroatoms. The van der Waals surface area contributed by atoms with E-state index in [-0.39, 0.29) is 0 Å². The largest absolute Gasteiger partial charge is 0.342 e. The lowest BCUT2D eigenvalue weighted by Gasteiger charge is -2.32. The fraction of sp³-hybridized carbons (Fsp3) is 0.333. The summed E-state index contributed by atoms with van der Waals surface area (Å²) in [6, 6.07) is 12.6. The van der Waals surface area contributed by atoms with Gasteiger partial charge in [0.1, 0.15) is 0 Å². The number of likely N-dealkylation sites (N-methyl/N-ethyl adjacent to an activating group) is 1. The second-order valence-corrected chi connectivity index (χ2v) is 6.18. The SMILES string of the molecule is CN1CCN(c2nccc(-c3cc4ccccc4n3C)n2)CC1. The van der Waals surface area contributed by atoms with Crippen LogP contribution in [0.25, 0.3) is 22.3 Å². The van der Waals surface area contributed by atoms with Crippen molar-refractivity contribution in [3.63, 3.8) is 0 Å². The van der Waals surface area contributed by atoms with Crippen LogP contribution in [0.4, 0.5) is 5.95 Å². The summed E-state index contributed by atoms with van der Waals surface area (Å²) in [7, 11) is 4.25. The highest BCUT2D eigenvalue weighted by Gasteiger charge is 2.17. The van der Waals surface area contributed by atoms with E-state index >= 15 is 0 Å². The number of fused-ring (bicyclic) bond motifs is 1. The molecule has 0 radical (unpaired) electrons. The Morgan fingerprint density at radius 3 is 2.52 bits per heavy atom. The molecular weight excluding hydrogens is 286 g/mol. The molecule has 0 unspecified atom stereocenters. The Morgan fingerprint density at radius 2 is 1.74 bits per heavy atom. The van der Waals surface area contributed by atoms with E-state index in [1.807, 2.05) is 12.3 Å². The van der Waals surface area contributed by atoms with E-state index in [1.54, 1.807) is 0 Å². The number of aryl methyl sites for hydroxylation is 1. The molecule has 3 aromatic rings. The molecule has 4 rings (SSSR count). The topological polar surface area (TPSA) is 37.2 Å². The van der Waals surface area contributed by atoms with Gasteiger partial charge in [-0.05, 0) is 25.2 Å². The van der Waals surface area contributed by atoms with Gasteiger partial charge in [0.15, 0.2) is 0 Å². The van der Waals surface area contributed by atoms with E-state index in [1.165, 1.54) is 10.9 Å². The lowest BCUT2D eigenvalue weighted by molar-refractivity contribution is 0.311. The maximum absolute atomic E-state index is 4.82. The van der Waals surface area contributed by atoms with Crippen LogP contribution >= 0.6 is 0 Å². The van der Waals surface area contributed by atoms with Crippen LogP contribution in [-0.2, 0) is 7.05 Å². The summed E-state index contributed by atoms with van der Waals surface area (Å²) >= 11 is 0. The molecule has 118 valence electrons. The van der Waals surface area contributed by atoms with E-state index in [2.05, 4.69) is 63.8 Å². The van der Waals surface area contributed by atoms with Crippen molar-refractivity contribution in [2.45, 2.75) is 0 Å². The van der Waals surface area contributed by atoms with Gasteiger partial charge < -0.3 is 14.4 Å². The van der Waals surface area contributed by atoms with Crippen LogP contribution in [0.2, 0.25) is 0 Å². The van der Waals surface area contributed by atoms with Crippen molar-refractivity contribution in [3.05, 3.63) is 42.6 Å². The third-order valence-electron chi connectivity index (χ3n) is 4.64. The number of hydrogen-bond acceptors (Lipinski definition) is 4. The van der Waals surface area contributed by atoms with Crippen LogP contribution in [0.3, 0.4) is 0 Å². The van der Waals surface area contributed by atoms with Crippen LogP contribution in [0, 0.1) is 0 Å². The second-order valence-electron chi connectivity index (χ2n) is 6.18. The fourth-order valence-corrected chi connectivity index (χ4v) is 3.18. The number of aromatic nitrogens is 3. The van der Waals surface area contributed by atoms with Gasteiger partial charge in [-0.25, -0.2) is 9.97 Å². The molecule has 1 aliphatic rings. The number of benzene rings is 1. The van der Waals surface area contributed by atoms with E-state index in [0.717, 1.165) is 43.5 Å². The van der Waals surface area contributed by atoms with Crippen molar-refractivity contribution in [3.8, 4) is 11.4 Å². The molecule has 3 heterocycles. The van der Waals surface area contributed by atoms with Crippen molar-refractivity contribution >= 4 is 16.9 Å². The monoisotopic (exact) mass is 307 g/mol. The summed E-state index contributed by atoms with van der Waals surface area (Å²) in [5.74, 6) is 0.834. The fourth-order valence-electron chi connectivity index (χ4n) is 3.18. The van der Waals surface area contributed by atoms with Gasteiger partial charge in [0.2, 0.25) is 5.95 Å². The van der Waals surface area contributed by atoms with Crippen molar-refractivity contribution in [2.75, 3.05) is 38.1 Å².